The van der Waals surface area contributed by atoms with E-state index in [1.807, 2.05) is 0 Å². The minimum atomic E-state index is -1.49. The van der Waals surface area contributed by atoms with Crippen molar-refractivity contribution in [3.8, 4) is 5.75 Å². The summed E-state index contributed by atoms with van der Waals surface area (Å²) in [6.45, 7) is 0. The average Bonchev–Trinajstić information content (AvgIpc) is 3.20. The summed E-state index contributed by atoms with van der Waals surface area (Å²) in [5.41, 5.74) is -0.217. The lowest BCUT2D eigenvalue weighted by molar-refractivity contribution is -0.153. The number of carbonyl (C=O) groups is 3. The SMILES string of the molecule is COC(=O)[C@]1(Cc2ccc(O)cc2)N[C@H](c2ccc(F)cc2)[C@H]2C(=O)N(C)C(=O)[C@H]21. The van der Waals surface area contributed by atoms with Crippen molar-refractivity contribution < 1.29 is 28.6 Å². The third kappa shape index (κ3) is 2.95. The maximum absolute atomic E-state index is 13.5. The topological polar surface area (TPSA) is 95.9 Å². The normalized spacial score (nSPS) is 28.0. The Bertz CT molecular complexity index is 1010. The number of halogens is 1. The van der Waals surface area contributed by atoms with Crippen LogP contribution in [0.1, 0.15) is 17.2 Å². The van der Waals surface area contributed by atoms with Crippen LogP contribution in [0.4, 0.5) is 4.39 Å². The fourth-order valence-electron chi connectivity index (χ4n) is 4.64. The van der Waals surface area contributed by atoms with Crippen molar-refractivity contribution in [1.29, 1.82) is 0 Å². The van der Waals surface area contributed by atoms with Crippen molar-refractivity contribution in [1.82, 2.24) is 10.2 Å². The largest absolute Gasteiger partial charge is 0.508 e. The minimum Gasteiger partial charge on any atom is -0.508 e. The first kappa shape index (κ1) is 20.0. The van der Waals surface area contributed by atoms with Gasteiger partial charge in [-0.3, -0.25) is 24.6 Å². The Morgan fingerprint density at radius 2 is 1.77 bits per heavy atom. The van der Waals surface area contributed by atoms with E-state index < -0.39 is 47.0 Å². The highest BCUT2D eigenvalue weighted by atomic mass is 19.1. The zero-order valence-corrected chi connectivity index (χ0v) is 16.5. The number of nitrogens with one attached hydrogen (secondary N) is 1. The van der Waals surface area contributed by atoms with Gasteiger partial charge in [-0.15, -0.1) is 0 Å². The van der Waals surface area contributed by atoms with Crippen LogP contribution in [0.25, 0.3) is 0 Å². The summed E-state index contributed by atoms with van der Waals surface area (Å²) in [7, 11) is 2.63. The number of fused-ring (bicyclic) bond motifs is 1. The second-order valence-electron chi connectivity index (χ2n) is 7.72. The Kier molecular flexibility index (Phi) is 4.82. The number of rotatable bonds is 4. The number of carbonyl (C=O) groups excluding carboxylic acids is 3. The molecule has 2 fully saturated rings. The highest BCUT2D eigenvalue weighted by molar-refractivity contribution is 6.09. The second-order valence-corrected chi connectivity index (χ2v) is 7.72. The molecule has 0 radical (unpaired) electrons. The molecule has 2 aliphatic heterocycles. The molecule has 0 bridgehead atoms. The second kappa shape index (κ2) is 7.21. The van der Waals surface area contributed by atoms with Gasteiger partial charge in [0.2, 0.25) is 11.8 Å². The van der Waals surface area contributed by atoms with Gasteiger partial charge in [-0.05, 0) is 35.4 Å². The number of esters is 1. The van der Waals surface area contributed by atoms with Gasteiger partial charge in [-0.1, -0.05) is 24.3 Å². The molecule has 7 nitrogen and oxygen atoms in total. The molecule has 0 unspecified atom stereocenters. The Hall–Kier alpha value is -3.26. The van der Waals surface area contributed by atoms with Crippen LogP contribution in [0.5, 0.6) is 5.75 Å². The van der Waals surface area contributed by atoms with Gasteiger partial charge in [0.25, 0.3) is 0 Å². The third-order valence-electron chi connectivity index (χ3n) is 6.07. The average molecular weight is 412 g/mol. The van der Waals surface area contributed by atoms with Gasteiger partial charge in [-0.2, -0.15) is 0 Å². The van der Waals surface area contributed by atoms with E-state index >= 15 is 0 Å². The number of phenolic OH excluding ortho intramolecular Hbond substituents is 1. The zero-order valence-electron chi connectivity index (χ0n) is 16.5. The number of nitrogens with zero attached hydrogens (tertiary/aromatic N) is 1. The van der Waals surface area contributed by atoms with Crippen molar-refractivity contribution in [3.63, 3.8) is 0 Å². The number of aromatic hydroxyl groups is 1. The monoisotopic (exact) mass is 412 g/mol. The van der Waals surface area contributed by atoms with Gasteiger partial charge in [0.05, 0.1) is 18.9 Å². The molecule has 0 aliphatic carbocycles. The number of benzene rings is 2. The van der Waals surface area contributed by atoms with Crippen LogP contribution in [0, 0.1) is 17.7 Å². The van der Waals surface area contributed by atoms with Gasteiger partial charge < -0.3 is 9.84 Å². The van der Waals surface area contributed by atoms with Crippen molar-refractivity contribution in [2.45, 2.75) is 18.0 Å². The van der Waals surface area contributed by atoms with Crippen LogP contribution in [-0.4, -0.2) is 47.5 Å². The maximum Gasteiger partial charge on any atom is 0.327 e. The summed E-state index contributed by atoms with van der Waals surface area (Å²) in [5.74, 6) is -3.70. The quantitative estimate of drug-likeness (QED) is 0.585. The summed E-state index contributed by atoms with van der Waals surface area (Å²) in [6.07, 6.45) is 0.0751. The molecule has 4 rings (SSSR count). The number of hydrogen-bond donors (Lipinski definition) is 2. The Morgan fingerprint density at radius 3 is 2.37 bits per heavy atom. The van der Waals surface area contributed by atoms with Crippen LogP contribution in [0.3, 0.4) is 0 Å². The summed E-state index contributed by atoms with van der Waals surface area (Å²) >= 11 is 0. The molecule has 2 aromatic carbocycles. The lowest BCUT2D eigenvalue weighted by Gasteiger charge is -2.32. The van der Waals surface area contributed by atoms with Crippen LogP contribution in [0.2, 0.25) is 0 Å². The molecule has 30 heavy (non-hydrogen) atoms. The van der Waals surface area contributed by atoms with Crippen molar-refractivity contribution >= 4 is 17.8 Å². The van der Waals surface area contributed by atoms with Crippen molar-refractivity contribution in [2.24, 2.45) is 11.8 Å². The first-order valence-corrected chi connectivity index (χ1v) is 9.49. The first-order valence-electron chi connectivity index (χ1n) is 9.49. The molecule has 0 saturated carbocycles. The standard InChI is InChI=1S/C22H21FN2O5/c1-25-19(27)16-17(20(25)28)22(21(29)30-2,11-12-3-9-15(26)10-4-12)24-18(16)13-5-7-14(23)8-6-13/h3-10,16-18,24,26H,11H2,1-2H3/t16-,17-,18+,22+/m0/s1. The highest BCUT2D eigenvalue weighted by Gasteiger charge is 2.68. The highest BCUT2D eigenvalue weighted by Crippen LogP contribution is 2.50. The van der Waals surface area contributed by atoms with Crippen LogP contribution in [0.15, 0.2) is 48.5 Å². The number of amides is 2. The van der Waals surface area contributed by atoms with E-state index in [0.717, 1.165) is 4.90 Å². The van der Waals surface area contributed by atoms with E-state index in [2.05, 4.69) is 5.32 Å². The van der Waals surface area contributed by atoms with E-state index in [1.54, 1.807) is 12.1 Å². The molecular weight excluding hydrogens is 391 g/mol. The molecule has 2 N–H and O–H groups in total. The Labute approximate surface area is 172 Å². The number of ether oxygens (including phenoxy) is 1. The summed E-state index contributed by atoms with van der Waals surface area (Å²) < 4.78 is 18.5. The van der Waals surface area contributed by atoms with Crippen LogP contribution < -0.4 is 5.32 Å². The maximum atomic E-state index is 13.5. The first-order chi connectivity index (χ1) is 14.3. The summed E-state index contributed by atoms with van der Waals surface area (Å²) in [6, 6.07) is 11.2. The van der Waals surface area contributed by atoms with E-state index in [9.17, 15) is 23.9 Å². The fraction of sp³-hybridized carbons (Fsp3) is 0.318. The lowest BCUT2D eigenvalue weighted by atomic mass is 9.76. The molecule has 4 atom stereocenters. The van der Waals surface area contributed by atoms with E-state index in [1.165, 1.54) is 50.6 Å². The number of phenols is 1. The third-order valence-corrected chi connectivity index (χ3v) is 6.07. The van der Waals surface area contributed by atoms with E-state index in [-0.39, 0.29) is 12.2 Å². The number of hydrogen-bond acceptors (Lipinski definition) is 6. The van der Waals surface area contributed by atoms with Gasteiger partial charge in [0.1, 0.15) is 17.1 Å². The molecule has 2 aliphatic rings. The predicted molar refractivity (Wildman–Crippen MR) is 104 cm³/mol. The van der Waals surface area contributed by atoms with Crippen molar-refractivity contribution in [3.05, 3.63) is 65.5 Å². The summed E-state index contributed by atoms with van der Waals surface area (Å²) in [5, 5.41) is 12.8. The minimum absolute atomic E-state index is 0.0687. The van der Waals surface area contributed by atoms with Crippen LogP contribution >= 0.6 is 0 Å². The molecule has 2 heterocycles. The molecule has 2 aromatic rings. The number of methoxy groups -OCH3 is 1. The smallest absolute Gasteiger partial charge is 0.327 e. The zero-order chi connectivity index (χ0) is 21.6. The van der Waals surface area contributed by atoms with Crippen LogP contribution in [-0.2, 0) is 25.5 Å². The molecule has 2 amide bonds. The molecule has 8 heteroatoms. The van der Waals surface area contributed by atoms with Gasteiger partial charge in [0.15, 0.2) is 0 Å². The molecule has 156 valence electrons. The lowest BCUT2D eigenvalue weighted by Crippen LogP contribution is -2.57. The summed E-state index contributed by atoms with van der Waals surface area (Å²) in [4.78, 5) is 40.1. The molecule has 0 spiro atoms. The molecular formula is C22H21FN2O5. The fourth-order valence-corrected chi connectivity index (χ4v) is 4.64. The van der Waals surface area contributed by atoms with E-state index in [0.29, 0.717) is 11.1 Å². The molecule has 0 aromatic heterocycles. The predicted octanol–water partition coefficient (Wildman–Crippen LogP) is 1.56. The van der Waals surface area contributed by atoms with Gasteiger partial charge in [-0.25, -0.2) is 4.39 Å². The Balaban J connectivity index is 1.84. The molecule has 2 saturated heterocycles. The van der Waals surface area contributed by atoms with Crippen molar-refractivity contribution in [2.75, 3.05) is 14.2 Å². The Morgan fingerprint density at radius 1 is 1.13 bits per heavy atom. The number of imide groups is 1. The van der Waals surface area contributed by atoms with Gasteiger partial charge in [0, 0.05) is 19.5 Å². The van der Waals surface area contributed by atoms with Gasteiger partial charge >= 0.3 is 5.97 Å². The van der Waals surface area contributed by atoms with E-state index in [4.69, 9.17) is 4.74 Å². The number of likely N-dealkylation sites (tertiary alicyclic amines) is 1.